The molecule has 0 aromatic carbocycles. The van der Waals surface area contributed by atoms with Crippen LogP contribution in [-0.2, 0) is 0 Å². The lowest BCUT2D eigenvalue weighted by Gasteiger charge is -2.08. The summed E-state index contributed by atoms with van der Waals surface area (Å²) in [7, 11) is 0. The molecule has 0 aliphatic rings. The summed E-state index contributed by atoms with van der Waals surface area (Å²) in [5.41, 5.74) is 0. The number of hydrogen-bond donors (Lipinski definition) is 0. The fraction of sp³-hybridized carbons (Fsp3) is 0.800. The Kier molecular flexibility index (Phi) is 16.6. The highest BCUT2D eigenvalue weighted by atomic mass is 14.1. The van der Waals surface area contributed by atoms with Crippen molar-refractivity contribution >= 4 is 0 Å². The van der Waals surface area contributed by atoms with Gasteiger partial charge in [-0.15, -0.1) is 0 Å². The summed E-state index contributed by atoms with van der Waals surface area (Å²) >= 11 is 0. The topological polar surface area (TPSA) is 0 Å². The first-order valence-electron chi connectivity index (χ1n) is 9.04. The van der Waals surface area contributed by atoms with Gasteiger partial charge in [0, 0.05) is 0 Å². The van der Waals surface area contributed by atoms with Crippen LogP contribution in [0.15, 0.2) is 12.2 Å². The number of hydrogen-bond acceptors (Lipinski definition) is 0. The van der Waals surface area contributed by atoms with Crippen LogP contribution in [0.2, 0.25) is 0 Å². The molecule has 20 heavy (non-hydrogen) atoms. The fourth-order valence-corrected chi connectivity index (χ4v) is 2.56. The maximum Gasteiger partial charge on any atom is -0.0325 e. The monoisotopic (exact) mass is 278 g/mol. The summed E-state index contributed by atoms with van der Waals surface area (Å²) in [6.07, 6.45) is 23.3. The molecule has 0 fully saturated rings. The van der Waals surface area contributed by atoms with Gasteiger partial charge >= 0.3 is 0 Å². The Morgan fingerprint density at radius 3 is 1.90 bits per heavy atom. The molecule has 0 saturated heterocycles. The Morgan fingerprint density at radius 2 is 1.25 bits per heavy atom. The molecular weight excluding hydrogens is 240 g/mol. The van der Waals surface area contributed by atoms with Gasteiger partial charge in [0.2, 0.25) is 0 Å². The highest BCUT2D eigenvalue weighted by molar-refractivity contribution is 4.83. The maximum absolute atomic E-state index is 3.89. The Hall–Kier alpha value is -0.260. The van der Waals surface area contributed by atoms with Crippen LogP contribution in [-0.4, -0.2) is 0 Å². The molecule has 1 atom stereocenters. The van der Waals surface area contributed by atoms with E-state index in [-0.39, 0.29) is 0 Å². The molecule has 0 rings (SSSR count). The third-order valence-electron chi connectivity index (χ3n) is 4.02. The smallest absolute Gasteiger partial charge is 0.0325 e. The summed E-state index contributed by atoms with van der Waals surface area (Å²) in [5.74, 6) is 0.867. The van der Waals surface area contributed by atoms with Crippen LogP contribution in [0.4, 0.5) is 0 Å². The van der Waals surface area contributed by atoms with Crippen molar-refractivity contribution in [1.29, 1.82) is 0 Å². The fourth-order valence-electron chi connectivity index (χ4n) is 2.56. The van der Waals surface area contributed by atoms with Crippen LogP contribution in [0.3, 0.4) is 0 Å². The molecule has 0 saturated carbocycles. The summed E-state index contributed by atoms with van der Waals surface area (Å²) in [4.78, 5) is 0. The predicted molar refractivity (Wildman–Crippen MR) is 93.7 cm³/mol. The van der Waals surface area contributed by atoms with E-state index in [0.29, 0.717) is 0 Å². The first-order valence-corrected chi connectivity index (χ1v) is 9.04. The van der Waals surface area contributed by atoms with E-state index in [2.05, 4.69) is 32.9 Å². The van der Waals surface area contributed by atoms with Crippen LogP contribution in [0.5, 0.6) is 0 Å². The molecule has 0 N–H and O–H groups in total. The van der Waals surface area contributed by atoms with E-state index >= 15 is 0 Å². The lowest BCUT2D eigenvalue weighted by atomic mass is 9.98. The molecule has 0 aromatic rings. The molecule has 0 heterocycles. The van der Waals surface area contributed by atoms with Gasteiger partial charge < -0.3 is 0 Å². The van der Waals surface area contributed by atoms with Gasteiger partial charge in [-0.25, -0.2) is 0 Å². The Morgan fingerprint density at radius 1 is 0.700 bits per heavy atom. The lowest BCUT2D eigenvalue weighted by molar-refractivity contribution is 0.486. The molecule has 0 amide bonds. The quantitative estimate of drug-likeness (QED) is 0.217. The van der Waals surface area contributed by atoms with Gasteiger partial charge in [0.1, 0.15) is 0 Å². The maximum atomic E-state index is 3.89. The van der Waals surface area contributed by atoms with Gasteiger partial charge in [0.15, 0.2) is 0 Å². The second-order valence-electron chi connectivity index (χ2n) is 6.28. The molecule has 0 aliphatic heterocycles. The van der Waals surface area contributed by atoms with E-state index in [1.807, 2.05) is 0 Å². The number of allylic oxidation sites excluding steroid dienone is 2. The molecule has 2 radical (unpaired) electrons. The molecule has 0 aliphatic carbocycles. The second kappa shape index (κ2) is 16.8. The molecule has 118 valence electrons. The van der Waals surface area contributed by atoms with Gasteiger partial charge in [0.05, 0.1) is 0 Å². The van der Waals surface area contributed by atoms with Crippen molar-refractivity contribution in [2.24, 2.45) is 5.92 Å². The average Bonchev–Trinajstić information content (AvgIpc) is 2.45. The summed E-state index contributed by atoms with van der Waals surface area (Å²) < 4.78 is 0. The van der Waals surface area contributed by atoms with Gasteiger partial charge in [-0.2, -0.15) is 0 Å². The zero-order valence-corrected chi connectivity index (χ0v) is 14.0. The third kappa shape index (κ3) is 15.8. The Balaban J connectivity index is 3.23. The van der Waals surface area contributed by atoms with E-state index in [0.717, 1.165) is 18.8 Å². The van der Waals surface area contributed by atoms with Gasteiger partial charge in [-0.3, -0.25) is 0 Å². The zero-order valence-electron chi connectivity index (χ0n) is 14.0. The second-order valence-corrected chi connectivity index (χ2v) is 6.28. The van der Waals surface area contributed by atoms with Crippen LogP contribution >= 0.6 is 0 Å². The third-order valence-corrected chi connectivity index (χ3v) is 4.02. The standard InChI is InChI=1S/C20H38/c1-4-6-8-10-12-14-16-18-20(3)19-17-15-13-11-9-7-5-2/h14,16,20H,1-2,4-13,15,17-19H2,3H3/b16-14+. The number of unbranched alkanes of at least 4 members (excludes halogenated alkanes) is 10. The van der Waals surface area contributed by atoms with Crippen molar-refractivity contribution in [1.82, 2.24) is 0 Å². The largest absolute Gasteiger partial charge is 0.0885 e. The molecule has 1 unspecified atom stereocenters. The molecular formula is C20H38. The van der Waals surface area contributed by atoms with Crippen LogP contribution in [0.1, 0.15) is 96.8 Å². The minimum absolute atomic E-state index is 0.867. The van der Waals surface area contributed by atoms with Crippen LogP contribution in [0.25, 0.3) is 0 Å². The van der Waals surface area contributed by atoms with Crippen molar-refractivity contribution in [2.45, 2.75) is 96.8 Å². The van der Waals surface area contributed by atoms with E-state index in [4.69, 9.17) is 0 Å². The molecule has 0 heteroatoms. The number of rotatable bonds is 15. The van der Waals surface area contributed by atoms with Crippen molar-refractivity contribution in [3.05, 3.63) is 26.0 Å². The van der Waals surface area contributed by atoms with E-state index in [9.17, 15) is 0 Å². The van der Waals surface area contributed by atoms with Crippen molar-refractivity contribution in [2.75, 3.05) is 0 Å². The first-order chi connectivity index (χ1) is 9.81. The van der Waals surface area contributed by atoms with Crippen molar-refractivity contribution in [3.8, 4) is 0 Å². The minimum atomic E-state index is 0.867. The summed E-state index contributed by atoms with van der Waals surface area (Å²) in [6, 6.07) is 0. The van der Waals surface area contributed by atoms with Crippen LogP contribution < -0.4 is 0 Å². The zero-order chi connectivity index (χ0) is 14.9. The SMILES string of the molecule is [CH2]CCCCC/C=C/CC(C)CCCCCCCC[CH2]. The van der Waals surface area contributed by atoms with E-state index in [1.54, 1.807) is 0 Å². The molecule has 0 aromatic heterocycles. The lowest BCUT2D eigenvalue weighted by Crippen LogP contribution is -1.92. The van der Waals surface area contributed by atoms with E-state index in [1.165, 1.54) is 77.0 Å². The average molecular weight is 279 g/mol. The molecule has 0 spiro atoms. The Labute approximate surface area is 129 Å². The summed E-state index contributed by atoms with van der Waals surface area (Å²) in [6.45, 7) is 10.2. The van der Waals surface area contributed by atoms with Crippen molar-refractivity contribution < 1.29 is 0 Å². The molecule has 0 bridgehead atoms. The molecule has 0 nitrogen and oxygen atoms in total. The van der Waals surface area contributed by atoms with Gasteiger partial charge in [-0.1, -0.05) is 104 Å². The summed E-state index contributed by atoms with van der Waals surface area (Å²) in [5, 5.41) is 0. The highest BCUT2D eigenvalue weighted by Crippen LogP contribution is 2.15. The van der Waals surface area contributed by atoms with Crippen LogP contribution in [0, 0.1) is 19.8 Å². The first kappa shape index (κ1) is 19.7. The van der Waals surface area contributed by atoms with Gasteiger partial charge in [-0.05, 0) is 25.2 Å². The minimum Gasteiger partial charge on any atom is -0.0885 e. The van der Waals surface area contributed by atoms with Gasteiger partial charge in [0.25, 0.3) is 0 Å². The highest BCUT2D eigenvalue weighted by Gasteiger charge is 1.99. The van der Waals surface area contributed by atoms with E-state index < -0.39 is 0 Å². The predicted octanol–water partition coefficient (Wildman–Crippen LogP) is 7.31. The normalized spacial score (nSPS) is 13.2. The Bertz CT molecular complexity index is 192. The van der Waals surface area contributed by atoms with Crippen molar-refractivity contribution in [3.63, 3.8) is 0 Å².